The molecule has 34 heavy (non-hydrogen) atoms. The summed E-state index contributed by atoms with van der Waals surface area (Å²) in [5.74, 6) is -1.01. The molecule has 0 spiro atoms. The van der Waals surface area contributed by atoms with E-state index in [0.29, 0.717) is 0 Å². The van der Waals surface area contributed by atoms with Gasteiger partial charge in [0.2, 0.25) is 21.8 Å². The Morgan fingerprint density at radius 2 is 1.82 bits per heavy atom. The number of carbonyl (C=O) groups excluding carboxylic acids is 2. The molecule has 184 valence electrons. The number of hydrogen-bond acceptors (Lipinski definition) is 7. The maximum Gasteiger partial charge on any atom is 0.271 e. The van der Waals surface area contributed by atoms with Crippen molar-refractivity contribution in [2.45, 2.75) is 25.9 Å². The predicted molar refractivity (Wildman–Crippen MR) is 127 cm³/mol. The summed E-state index contributed by atoms with van der Waals surface area (Å²) in [6, 6.07) is 11.6. The first-order chi connectivity index (χ1) is 16.0. The van der Waals surface area contributed by atoms with Crippen LogP contribution in [0, 0.1) is 10.1 Å². The summed E-state index contributed by atoms with van der Waals surface area (Å²) in [4.78, 5) is 37.9. The normalized spacial score (nSPS) is 11.9. The smallest absolute Gasteiger partial charge is 0.271 e. The number of rotatable bonds is 11. The van der Waals surface area contributed by atoms with Crippen molar-refractivity contribution in [1.29, 1.82) is 0 Å². The molecular formula is C22H28N4O7S. The lowest BCUT2D eigenvalue weighted by molar-refractivity contribution is -0.384. The maximum atomic E-state index is 13.5. The van der Waals surface area contributed by atoms with Crippen LogP contribution < -0.4 is 14.4 Å². The van der Waals surface area contributed by atoms with Crippen molar-refractivity contribution < 1.29 is 27.7 Å². The second-order valence-electron chi connectivity index (χ2n) is 7.43. The van der Waals surface area contributed by atoms with E-state index in [-0.39, 0.29) is 30.1 Å². The number of nitro groups is 1. The molecule has 0 aliphatic rings. The van der Waals surface area contributed by atoms with E-state index in [1.165, 1.54) is 31.2 Å². The Labute approximate surface area is 198 Å². The molecule has 0 fully saturated rings. The Hall–Kier alpha value is -3.67. The molecule has 1 atom stereocenters. The zero-order chi connectivity index (χ0) is 25.5. The number of nitro benzene ring substituents is 1. The third-order valence-electron chi connectivity index (χ3n) is 5.15. The Bertz CT molecular complexity index is 1140. The fourth-order valence-corrected chi connectivity index (χ4v) is 4.29. The molecular weight excluding hydrogens is 464 g/mol. The average molecular weight is 493 g/mol. The van der Waals surface area contributed by atoms with Crippen molar-refractivity contribution in [2.24, 2.45) is 0 Å². The summed E-state index contributed by atoms with van der Waals surface area (Å²) < 4.78 is 31.3. The van der Waals surface area contributed by atoms with Crippen LogP contribution in [0.2, 0.25) is 0 Å². The fraction of sp³-hybridized carbons (Fsp3) is 0.364. The van der Waals surface area contributed by atoms with Crippen LogP contribution in [0.1, 0.15) is 18.9 Å². The van der Waals surface area contributed by atoms with E-state index in [4.69, 9.17) is 4.74 Å². The highest BCUT2D eigenvalue weighted by Crippen LogP contribution is 2.34. The molecule has 0 heterocycles. The van der Waals surface area contributed by atoms with E-state index in [2.05, 4.69) is 5.32 Å². The van der Waals surface area contributed by atoms with Crippen LogP contribution >= 0.6 is 0 Å². The van der Waals surface area contributed by atoms with Crippen molar-refractivity contribution in [2.75, 3.05) is 31.3 Å². The molecule has 2 aromatic carbocycles. The number of amides is 2. The summed E-state index contributed by atoms with van der Waals surface area (Å²) in [7, 11) is -1.33. The number of ether oxygens (including phenoxy) is 1. The van der Waals surface area contributed by atoms with Gasteiger partial charge in [-0.25, -0.2) is 8.42 Å². The summed E-state index contributed by atoms with van der Waals surface area (Å²) in [6.07, 6.45) is 1.17. The number of sulfonamides is 1. The van der Waals surface area contributed by atoms with Gasteiger partial charge in [0.05, 0.1) is 18.3 Å². The van der Waals surface area contributed by atoms with E-state index in [1.54, 1.807) is 31.2 Å². The lowest BCUT2D eigenvalue weighted by Crippen LogP contribution is -2.51. The number of methoxy groups -OCH3 is 1. The minimum Gasteiger partial charge on any atom is -0.495 e. The highest BCUT2D eigenvalue weighted by molar-refractivity contribution is 7.92. The van der Waals surface area contributed by atoms with Crippen LogP contribution in [0.5, 0.6) is 5.75 Å². The van der Waals surface area contributed by atoms with Gasteiger partial charge in [0.1, 0.15) is 24.0 Å². The van der Waals surface area contributed by atoms with Gasteiger partial charge in [-0.1, -0.05) is 37.3 Å². The van der Waals surface area contributed by atoms with E-state index in [1.807, 2.05) is 6.07 Å². The molecule has 0 radical (unpaired) electrons. The number of nitrogens with one attached hydrogen (secondary N) is 1. The zero-order valence-electron chi connectivity index (χ0n) is 19.4. The molecule has 0 aliphatic heterocycles. The molecule has 0 bridgehead atoms. The molecule has 0 saturated heterocycles. The maximum absolute atomic E-state index is 13.5. The van der Waals surface area contributed by atoms with Crippen LogP contribution in [-0.2, 0) is 26.2 Å². The predicted octanol–water partition coefficient (Wildman–Crippen LogP) is 1.92. The minimum absolute atomic E-state index is 0.0387. The lowest BCUT2D eigenvalue weighted by Gasteiger charge is -2.32. The van der Waals surface area contributed by atoms with Gasteiger partial charge in [0.15, 0.2) is 0 Å². The number of hydrogen-bond donors (Lipinski definition) is 1. The minimum atomic E-state index is -4.07. The number of likely N-dealkylation sites (N-methyl/N-ethyl adjacent to an activating group) is 1. The lowest BCUT2D eigenvalue weighted by atomic mass is 10.1. The van der Waals surface area contributed by atoms with Crippen molar-refractivity contribution in [1.82, 2.24) is 10.2 Å². The first-order valence-corrected chi connectivity index (χ1v) is 12.2. The van der Waals surface area contributed by atoms with Crippen molar-refractivity contribution in [3.63, 3.8) is 0 Å². The highest BCUT2D eigenvalue weighted by Gasteiger charge is 2.32. The van der Waals surface area contributed by atoms with Gasteiger partial charge in [-0.15, -0.1) is 0 Å². The van der Waals surface area contributed by atoms with Crippen LogP contribution in [0.15, 0.2) is 48.5 Å². The van der Waals surface area contributed by atoms with E-state index in [9.17, 15) is 28.1 Å². The van der Waals surface area contributed by atoms with Gasteiger partial charge in [-0.05, 0) is 18.1 Å². The largest absolute Gasteiger partial charge is 0.495 e. The highest BCUT2D eigenvalue weighted by atomic mass is 32.2. The Morgan fingerprint density at radius 1 is 1.18 bits per heavy atom. The zero-order valence-corrected chi connectivity index (χ0v) is 20.2. The standard InChI is InChI=1S/C22H28N4O7S/c1-5-18(22(28)23-2)24(14-16-9-7-6-8-10-16)21(27)15-25(34(4,31)32)19-13-17(26(29)30)11-12-20(19)33-3/h6-13,18H,5,14-15H2,1-4H3,(H,23,28). The van der Waals surface area contributed by atoms with Gasteiger partial charge in [-0.2, -0.15) is 0 Å². The Kier molecular flexibility index (Phi) is 8.96. The van der Waals surface area contributed by atoms with E-state index >= 15 is 0 Å². The van der Waals surface area contributed by atoms with Gasteiger partial charge in [0.25, 0.3) is 5.69 Å². The van der Waals surface area contributed by atoms with Crippen molar-refractivity contribution in [3.05, 3.63) is 64.2 Å². The SMILES string of the molecule is CCC(C(=O)NC)N(Cc1ccccc1)C(=O)CN(c1cc([N+](=O)[O-])ccc1OC)S(C)(=O)=O. The third-order valence-corrected chi connectivity index (χ3v) is 6.28. The molecule has 2 aromatic rings. The first-order valence-electron chi connectivity index (χ1n) is 10.4. The summed E-state index contributed by atoms with van der Waals surface area (Å²) >= 11 is 0. The Morgan fingerprint density at radius 3 is 2.32 bits per heavy atom. The van der Waals surface area contributed by atoms with Gasteiger partial charge < -0.3 is 15.0 Å². The number of anilines is 1. The van der Waals surface area contributed by atoms with Crippen LogP contribution in [-0.4, -0.2) is 63.1 Å². The molecule has 1 unspecified atom stereocenters. The molecule has 0 aliphatic carbocycles. The number of non-ortho nitro benzene ring substituents is 1. The van der Waals surface area contributed by atoms with E-state index < -0.39 is 39.3 Å². The average Bonchev–Trinajstić information content (AvgIpc) is 2.81. The second-order valence-corrected chi connectivity index (χ2v) is 9.34. The third kappa shape index (κ3) is 6.44. The topological polar surface area (TPSA) is 139 Å². The Balaban J connectivity index is 2.53. The summed E-state index contributed by atoms with van der Waals surface area (Å²) in [5.41, 5.74) is 0.229. The van der Waals surface area contributed by atoms with Gasteiger partial charge >= 0.3 is 0 Å². The second kappa shape index (κ2) is 11.5. The summed E-state index contributed by atoms with van der Waals surface area (Å²) in [5, 5.41) is 13.8. The molecule has 2 amide bonds. The summed E-state index contributed by atoms with van der Waals surface area (Å²) in [6.45, 7) is 1.12. The quantitative estimate of drug-likeness (QED) is 0.373. The van der Waals surface area contributed by atoms with Crippen molar-refractivity contribution in [3.8, 4) is 5.75 Å². The number of carbonyl (C=O) groups is 2. The fourth-order valence-electron chi connectivity index (χ4n) is 3.45. The van der Waals surface area contributed by atoms with Crippen LogP contribution in [0.4, 0.5) is 11.4 Å². The van der Waals surface area contributed by atoms with Crippen LogP contribution in [0.25, 0.3) is 0 Å². The molecule has 0 aromatic heterocycles. The molecule has 11 nitrogen and oxygen atoms in total. The monoisotopic (exact) mass is 492 g/mol. The van der Waals surface area contributed by atoms with Gasteiger partial charge in [0, 0.05) is 25.7 Å². The van der Waals surface area contributed by atoms with Gasteiger partial charge in [-0.3, -0.25) is 24.0 Å². The molecule has 12 heteroatoms. The first kappa shape index (κ1) is 26.6. The number of nitrogens with zero attached hydrogens (tertiary/aromatic N) is 3. The van der Waals surface area contributed by atoms with E-state index in [0.717, 1.165) is 22.2 Å². The number of benzene rings is 2. The molecule has 1 N–H and O–H groups in total. The molecule has 0 saturated carbocycles. The van der Waals surface area contributed by atoms with Crippen LogP contribution in [0.3, 0.4) is 0 Å². The molecule has 2 rings (SSSR count). The van der Waals surface area contributed by atoms with Crippen molar-refractivity contribution >= 4 is 33.2 Å².